The summed E-state index contributed by atoms with van der Waals surface area (Å²) in [4.78, 5) is 20.7. The maximum atomic E-state index is 12.2. The Morgan fingerprint density at radius 3 is 2.41 bits per heavy atom. The fourth-order valence-corrected chi connectivity index (χ4v) is 2.19. The Morgan fingerprint density at radius 2 is 1.86 bits per heavy atom. The molecule has 0 saturated heterocycles. The maximum Gasteiger partial charge on any atom is 0.344 e. The monoisotopic (exact) mass is 300 g/mol. The number of ether oxygens (including phenoxy) is 1. The van der Waals surface area contributed by atoms with Gasteiger partial charge in [-0.15, -0.1) is 0 Å². The molecule has 2 rings (SSSR count). The predicted molar refractivity (Wildman–Crippen MR) is 82.9 cm³/mol. The molecular weight excluding hydrogens is 280 g/mol. The largest absolute Gasteiger partial charge is 0.403 e. The molecule has 0 bridgehead atoms. The number of aromatic nitrogens is 2. The van der Waals surface area contributed by atoms with E-state index in [4.69, 9.17) is 4.74 Å². The summed E-state index contributed by atoms with van der Waals surface area (Å²) in [5.74, 6) is 0.209. The summed E-state index contributed by atoms with van der Waals surface area (Å²) >= 11 is 0. The minimum Gasteiger partial charge on any atom is -0.403 e. The number of aliphatic hydroxyl groups excluding tert-OH is 1. The molecule has 22 heavy (non-hydrogen) atoms. The van der Waals surface area contributed by atoms with Crippen LogP contribution in [0.15, 0.2) is 24.3 Å². The van der Waals surface area contributed by atoms with Crippen LogP contribution in [0.5, 0.6) is 5.88 Å². The van der Waals surface area contributed by atoms with Crippen molar-refractivity contribution >= 4 is 5.97 Å². The normalized spacial score (nSPS) is 12.0. The minimum atomic E-state index is -0.742. The molecule has 2 aromatic rings. The van der Waals surface area contributed by atoms with Gasteiger partial charge in [0.05, 0.1) is 17.4 Å². The van der Waals surface area contributed by atoms with Gasteiger partial charge < -0.3 is 9.84 Å². The fourth-order valence-electron chi connectivity index (χ4n) is 2.19. The van der Waals surface area contributed by atoms with Gasteiger partial charge >= 0.3 is 5.97 Å². The molecule has 1 heterocycles. The Hall–Kier alpha value is -2.27. The first kappa shape index (κ1) is 16.1. The standard InChI is InChI=1S/C17H20N2O3/c1-5-14-15(11(3)20)18-12(4)19-16(14)22-17(21)13-8-6-10(2)7-9-13/h6-9,11,20H,5H2,1-4H3. The van der Waals surface area contributed by atoms with Crippen LogP contribution in [-0.2, 0) is 6.42 Å². The Bertz CT molecular complexity index is 679. The van der Waals surface area contributed by atoms with Gasteiger partial charge in [0.15, 0.2) is 0 Å². The highest BCUT2D eigenvalue weighted by molar-refractivity contribution is 5.91. The molecule has 0 saturated carbocycles. The number of hydrogen-bond acceptors (Lipinski definition) is 5. The predicted octanol–water partition coefficient (Wildman–Crippen LogP) is 2.93. The van der Waals surface area contributed by atoms with E-state index in [2.05, 4.69) is 9.97 Å². The van der Waals surface area contributed by atoms with E-state index in [1.165, 1.54) is 0 Å². The number of carbonyl (C=O) groups excluding carboxylic acids is 1. The molecule has 0 aliphatic carbocycles. The molecule has 0 aliphatic heterocycles. The van der Waals surface area contributed by atoms with Gasteiger partial charge in [0, 0.05) is 5.56 Å². The first-order chi connectivity index (χ1) is 10.4. The first-order valence-corrected chi connectivity index (χ1v) is 7.26. The van der Waals surface area contributed by atoms with Crippen LogP contribution in [0.3, 0.4) is 0 Å². The molecule has 0 radical (unpaired) electrons. The highest BCUT2D eigenvalue weighted by Crippen LogP contribution is 2.25. The molecule has 1 N–H and O–H groups in total. The maximum absolute atomic E-state index is 12.2. The first-order valence-electron chi connectivity index (χ1n) is 7.26. The number of aliphatic hydroxyl groups is 1. The van der Waals surface area contributed by atoms with Gasteiger partial charge in [-0.1, -0.05) is 24.6 Å². The second-order valence-electron chi connectivity index (χ2n) is 5.22. The van der Waals surface area contributed by atoms with E-state index in [1.54, 1.807) is 26.0 Å². The van der Waals surface area contributed by atoms with Gasteiger partial charge in [-0.25, -0.2) is 9.78 Å². The third-order valence-corrected chi connectivity index (χ3v) is 3.34. The number of hydrogen-bond donors (Lipinski definition) is 1. The van der Waals surface area contributed by atoms with Gasteiger partial charge in [0.1, 0.15) is 5.82 Å². The van der Waals surface area contributed by atoms with Gasteiger partial charge in [-0.05, 0) is 39.3 Å². The lowest BCUT2D eigenvalue weighted by Gasteiger charge is -2.14. The van der Waals surface area contributed by atoms with Gasteiger partial charge in [0.2, 0.25) is 5.88 Å². The van der Waals surface area contributed by atoms with Crippen LogP contribution in [0.25, 0.3) is 0 Å². The Kier molecular flexibility index (Phi) is 4.88. The zero-order chi connectivity index (χ0) is 16.3. The van der Waals surface area contributed by atoms with Crippen LogP contribution < -0.4 is 4.74 Å². The lowest BCUT2D eigenvalue weighted by atomic mass is 10.1. The van der Waals surface area contributed by atoms with E-state index in [-0.39, 0.29) is 5.88 Å². The van der Waals surface area contributed by atoms with E-state index in [9.17, 15) is 9.90 Å². The van der Waals surface area contributed by atoms with E-state index >= 15 is 0 Å². The molecule has 0 amide bonds. The molecule has 0 fully saturated rings. The second kappa shape index (κ2) is 6.66. The van der Waals surface area contributed by atoms with E-state index in [0.717, 1.165) is 5.56 Å². The summed E-state index contributed by atoms with van der Waals surface area (Å²) in [7, 11) is 0. The van der Waals surface area contributed by atoms with Gasteiger partial charge in [-0.2, -0.15) is 4.98 Å². The number of rotatable bonds is 4. The van der Waals surface area contributed by atoms with Crippen LogP contribution in [0, 0.1) is 13.8 Å². The summed E-state index contributed by atoms with van der Waals surface area (Å²) in [5.41, 5.74) is 2.69. The fraction of sp³-hybridized carbons (Fsp3) is 0.353. The molecule has 5 nitrogen and oxygen atoms in total. The van der Waals surface area contributed by atoms with E-state index < -0.39 is 12.1 Å². The molecular formula is C17H20N2O3. The number of nitrogens with zero attached hydrogens (tertiary/aromatic N) is 2. The summed E-state index contributed by atoms with van der Waals surface area (Å²) in [5, 5.41) is 9.84. The molecule has 0 aliphatic rings. The summed E-state index contributed by atoms with van der Waals surface area (Å²) in [6.45, 7) is 7.19. The van der Waals surface area contributed by atoms with E-state index in [1.807, 2.05) is 26.0 Å². The molecule has 0 spiro atoms. The number of carbonyl (C=O) groups is 1. The third-order valence-electron chi connectivity index (χ3n) is 3.34. The van der Waals surface area contributed by atoms with Crippen molar-refractivity contribution in [3.8, 4) is 5.88 Å². The third kappa shape index (κ3) is 3.49. The SMILES string of the molecule is CCc1c(OC(=O)c2ccc(C)cc2)nc(C)nc1C(C)O. The van der Waals surface area contributed by atoms with Crippen molar-refractivity contribution in [1.82, 2.24) is 9.97 Å². The Labute approximate surface area is 130 Å². The van der Waals surface area contributed by atoms with Crippen LogP contribution in [-0.4, -0.2) is 21.0 Å². The van der Waals surface area contributed by atoms with Crippen molar-refractivity contribution in [1.29, 1.82) is 0 Å². The van der Waals surface area contributed by atoms with Crippen molar-refractivity contribution < 1.29 is 14.6 Å². The molecule has 1 aromatic carbocycles. The van der Waals surface area contributed by atoms with Crippen molar-refractivity contribution in [2.45, 2.75) is 40.2 Å². The Balaban J connectivity index is 2.36. The number of benzene rings is 1. The van der Waals surface area contributed by atoms with Crippen molar-refractivity contribution in [2.75, 3.05) is 0 Å². The number of aryl methyl sites for hydroxylation is 2. The van der Waals surface area contributed by atoms with Gasteiger partial charge in [-0.3, -0.25) is 0 Å². The van der Waals surface area contributed by atoms with Crippen LogP contribution in [0.4, 0.5) is 0 Å². The molecule has 116 valence electrons. The minimum absolute atomic E-state index is 0.219. The molecule has 1 atom stereocenters. The smallest absolute Gasteiger partial charge is 0.344 e. The van der Waals surface area contributed by atoms with Crippen LogP contribution >= 0.6 is 0 Å². The molecule has 1 aromatic heterocycles. The average Bonchev–Trinajstić information content (AvgIpc) is 2.47. The van der Waals surface area contributed by atoms with E-state index in [0.29, 0.717) is 29.1 Å². The summed E-state index contributed by atoms with van der Waals surface area (Å²) < 4.78 is 5.43. The lowest BCUT2D eigenvalue weighted by molar-refractivity contribution is 0.0724. The average molecular weight is 300 g/mol. The number of esters is 1. The Morgan fingerprint density at radius 1 is 1.23 bits per heavy atom. The topological polar surface area (TPSA) is 72.3 Å². The lowest BCUT2D eigenvalue weighted by Crippen LogP contribution is -2.14. The molecule has 5 heteroatoms. The highest BCUT2D eigenvalue weighted by Gasteiger charge is 2.19. The summed E-state index contributed by atoms with van der Waals surface area (Å²) in [6.07, 6.45) is -0.176. The zero-order valence-corrected chi connectivity index (χ0v) is 13.3. The summed E-state index contributed by atoms with van der Waals surface area (Å²) in [6, 6.07) is 7.13. The van der Waals surface area contributed by atoms with Crippen LogP contribution in [0.1, 0.15) is 53.0 Å². The van der Waals surface area contributed by atoms with Crippen molar-refractivity contribution in [3.63, 3.8) is 0 Å². The molecule has 1 unspecified atom stereocenters. The second-order valence-corrected chi connectivity index (χ2v) is 5.22. The van der Waals surface area contributed by atoms with Gasteiger partial charge in [0.25, 0.3) is 0 Å². The quantitative estimate of drug-likeness (QED) is 0.879. The highest BCUT2D eigenvalue weighted by atomic mass is 16.5. The van der Waals surface area contributed by atoms with Crippen LogP contribution in [0.2, 0.25) is 0 Å². The van der Waals surface area contributed by atoms with Crippen molar-refractivity contribution in [2.24, 2.45) is 0 Å². The zero-order valence-electron chi connectivity index (χ0n) is 13.3. The van der Waals surface area contributed by atoms with Crippen molar-refractivity contribution in [3.05, 3.63) is 52.5 Å².